The van der Waals surface area contributed by atoms with Gasteiger partial charge in [-0.1, -0.05) is 59.7 Å². The van der Waals surface area contributed by atoms with Crippen LogP contribution in [0.2, 0.25) is 0 Å². The van der Waals surface area contributed by atoms with Gasteiger partial charge >= 0.3 is 0 Å². The Morgan fingerprint density at radius 1 is 1.10 bits per heavy atom. The van der Waals surface area contributed by atoms with E-state index in [9.17, 15) is 0 Å². The molecule has 0 aromatic heterocycles. The zero-order valence-electron chi connectivity index (χ0n) is 12.9. The standard InChI is InChI=1S/C19H24O/c1-15(2)17(4)14-16(3)8-6-7-9-18-10-12-19(20-5)13-11-18/h6-13H,3,14H2,1-2,4-5H3/b8-6+,9-7+. The highest BCUT2D eigenvalue weighted by molar-refractivity contribution is 5.52. The van der Waals surface area contributed by atoms with Crippen LogP contribution in [0.1, 0.15) is 32.8 Å². The monoisotopic (exact) mass is 268 g/mol. The van der Waals surface area contributed by atoms with Crippen molar-refractivity contribution < 1.29 is 4.74 Å². The Labute approximate surface area is 123 Å². The van der Waals surface area contributed by atoms with Gasteiger partial charge < -0.3 is 4.74 Å². The molecular weight excluding hydrogens is 244 g/mol. The predicted octanol–water partition coefficient (Wildman–Crippen LogP) is 5.57. The summed E-state index contributed by atoms with van der Waals surface area (Å²) >= 11 is 0. The number of rotatable bonds is 6. The van der Waals surface area contributed by atoms with E-state index in [4.69, 9.17) is 4.74 Å². The lowest BCUT2D eigenvalue weighted by atomic mass is 10.0. The van der Waals surface area contributed by atoms with Crippen LogP contribution in [0.4, 0.5) is 0 Å². The quantitative estimate of drug-likeness (QED) is 0.484. The Bertz CT molecular complexity index is 523. The molecule has 1 aromatic rings. The molecule has 0 N–H and O–H groups in total. The summed E-state index contributed by atoms with van der Waals surface area (Å²) in [6, 6.07) is 7.98. The molecule has 0 amide bonds. The minimum Gasteiger partial charge on any atom is -0.497 e. The van der Waals surface area contributed by atoms with Crippen molar-refractivity contribution in [3.63, 3.8) is 0 Å². The van der Waals surface area contributed by atoms with Crippen molar-refractivity contribution in [1.82, 2.24) is 0 Å². The summed E-state index contributed by atoms with van der Waals surface area (Å²) in [6.45, 7) is 10.5. The van der Waals surface area contributed by atoms with Gasteiger partial charge in [-0.3, -0.25) is 0 Å². The summed E-state index contributed by atoms with van der Waals surface area (Å²) in [5.41, 5.74) is 5.04. The second kappa shape index (κ2) is 8.21. The van der Waals surface area contributed by atoms with Crippen LogP contribution in [0.3, 0.4) is 0 Å². The van der Waals surface area contributed by atoms with E-state index >= 15 is 0 Å². The second-order valence-electron chi connectivity index (χ2n) is 5.11. The van der Waals surface area contributed by atoms with Crippen LogP contribution < -0.4 is 4.74 Å². The number of hydrogen-bond acceptors (Lipinski definition) is 1. The highest BCUT2D eigenvalue weighted by atomic mass is 16.5. The van der Waals surface area contributed by atoms with Gasteiger partial charge in [0.2, 0.25) is 0 Å². The molecule has 0 atom stereocenters. The summed E-state index contributed by atoms with van der Waals surface area (Å²) in [5, 5.41) is 0. The molecule has 1 aromatic carbocycles. The third-order valence-electron chi connectivity index (χ3n) is 3.19. The topological polar surface area (TPSA) is 9.23 Å². The van der Waals surface area contributed by atoms with Gasteiger partial charge in [0.15, 0.2) is 0 Å². The average Bonchev–Trinajstić information content (AvgIpc) is 2.44. The Hall–Kier alpha value is -2.02. The largest absolute Gasteiger partial charge is 0.497 e. The fraction of sp³-hybridized carbons (Fsp3) is 0.263. The number of allylic oxidation sites excluding steroid dienone is 6. The van der Waals surface area contributed by atoms with E-state index < -0.39 is 0 Å². The van der Waals surface area contributed by atoms with Crippen LogP contribution in [0.25, 0.3) is 6.08 Å². The highest BCUT2D eigenvalue weighted by Crippen LogP contribution is 2.14. The van der Waals surface area contributed by atoms with Crippen LogP contribution in [-0.2, 0) is 0 Å². The third kappa shape index (κ3) is 5.75. The molecule has 1 rings (SSSR count). The zero-order valence-corrected chi connectivity index (χ0v) is 12.9. The van der Waals surface area contributed by atoms with E-state index in [1.165, 1.54) is 11.1 Å². The third-order valence-corrected chi connectivity index (χ3v) is 3.19. The van der Waals surface area contributed by atoms with E-state index in [1.807, 2.05) is 36.4 Å². The van der Waals surface area contributed by atoms with Crippen LogP contribution in [0.5, 0.6) is 5.75 Å². The van der Waals surface area contributed by atoms with E-state index in [-0.39, 0.29) is 0 Å². The SMILES string of the molecule is C=C(/C=C/C=C/c1ccc(OC)cc1)CC(C)=C(C)C. The molecule has 1 heteroatoms. The molecular formula is C19H24O. The van der Waals surface area contributed by atoms with Gasteiger partial charge in [-0.05, 0) is 44.9 Å². The van der Waals surface area contributed by atoms with Gasteiger partial charge in [-0.25, -0.2) is 0 Å². The Balaban J connectivity index is 2.53. The van der Waals surface area contributed by atoms with Gasteiger partial charge in [0.25, 0.3) is 0 Å². The highest BCUT2D eigenvalue weighted by Gasteiger charge is 1.93. The van der Waals surface area contributed by atoms with E-state index in [2.05, 4.69) is 39.5 Å². The number of hydrogen-bond donors (Lipinski definition) is 0. The van der Waals surface area contributed by atoms with Crippen molar-refractivity contribution in [2.24, 2.45) is 0 Å². The van der Waals surface area contributed by atoms with Crippen molar-refractivity contribution in [2.45, 2.75) is 27.2 Å². The molecule has 0 aliphatic heterocycles. The van der Waals surface area contributed by atoms with Crippen LogP contribution in [0, 0.1) is 0 Å². The summed E-state index contributed by atoms with van der Waals surface area (Å²) < 4.78 is 5.13. The molecule has 0 radical (unpaired) electrons. The lowest BCUT2D eigenvalue weighted by molar-refractivity contribution is 0.415. The maximum absolute atomic E-state index is 5.13. The Kier molecular flexibility index (Phi) is 6.58. The number of ether oxygens (including phenoxy) is 1. The normalized spacial score (nSPS) is 11.0. The summed E-state index contributed by atoms with van der Waals surface area (Å²) in [7, 11) is 1.67. The maximum atomic E-state index is 5.13. The molecule has 0 aliphatic carbocycles. The Morgan fingerprint density at radius 2 is 1.75 bits per heavy atom. The first-order chi connectivity index (χ1) is 9.52. The molecule has 0 aliphatic rings. The Morgan fingerprint density at radius 3 is 2.30 bits per heavy atom. The van der Waals surface area contributed by atoms with Gasteiger partial charge in [0, 0.05) is 0 Å². The summed E-state index contributed by atoms with van der Waals surface area (Å²) in [6.07, 6.45) is 9.13. The first-order valence-corrected chi connectivity index (χ1v) is 6.82. The minimum absolute atomic E-state index is 0.878. The first-order valence-electron chi connectivity index (χ1n) is 6.82. The summed E-state index contributed by atoms with van der Waals surface area (Å²) in [5.74, 6) is 0.878. The molecule has 1 nitrogen and oxygen atoms in total. The molecule has 0 heterocycles. The van der Waals surface area contributed by atoms with Gasteiger partial charge in [-0.15, -0.1) is 0 Å². The fourth-order valence-corrected chi connectivity index (χ4v) is 1.65. The van der Waals surface area contributed by atoms with Crippen molar-refractivity contribution in [3.05, 3.63) is 71.4 Å². The lowest BCUT2D eigenvalue weighted by Gasteiger charge is -2.02. The molecule has 0 unspecified atom stereocenters. The van der Waals surface area contributed by atoms with Crippen LogP contribution >= 0.6 is 0 Å². The lowest BCUT2D eigenvalue weighted by Crippen LogP contribution is -1.82. The van der Waals surface area contributed by atoms with Crippen molar-refractivity contribution in [1.29, 1.82) is 0 Å². The minimum atomic E-state index is 0.878. The van der Waals surface area contributed by atoms with Gasteiger partial charge in [0.05, 0.1) is 7.11 Å². The number of benzene rings is 1. The molecule has 0 spiro atoms. The van der Waals surface area contributed by atoms with Crippen LogP contribution in [-0.4, -0.2) is 7.11 Å². The second-order valence-corrected chi connectivity index (χ2v) is 5.11. The number of methoxy groups -OCH3 is 1. The van der Waals surface area contributed by atoms with Crippen molar-refractivity contribution in [2.75, 3.05) is 7.11 Å². The smallest absolute Gasteiger partial charge is 0.118 e. The molecule has 106 valence electrons. The van der Waals surface area contributed by atoms with Gasteiger partial charge in [-0.2, -0.15) is 0 Å². The summed E-state index contributed by atoms with van der Waals surface area (Å²) in [4.78, 5) is 0. The van der Waals surface area contributed by atoms with Crippen LogP contribution in [0.15, 0.2) is 65.8 Å². The van der Waals surface area contributed by atoms with Crippen molar-refractivity contribution >= 4 is 6.08 Å². The average molecular weight is 268 g/mol. The first kappa shape index (κ1) is 16.0. The zero-order chi connectivity index (χ0) is 15.0. The predicted molar refractivity (Wildman–Crippen MR) is 89.0 cm³/mol. The van der Waals surface area contributed by atoms with E-state index in [0.29, 0.717) is 0 Å². The van der Waals surface area contributed by atoms with E-state index in [0.717, 1.165) is 23.3 Å². The maximum Gasteiger partial charge on any atom is 0.118 e. The molecule has 0 saturated heterocycles. The van der Waals surface area contributed by atoms with E-state index in [1.54, 1.807) is 7.11 Å². The van der Waals surface area contributed by atoms with Gasteiger partial charge in [0.1, 0.15) is 5.75 Å². The van der Waals surface area contributed by atoms with Crippen molar-refractivity contribution in [3.8, 4) is 5.75 Å². The fourth-order valence-electron chi connectivity index (χ4n) is 1.65. The molecule has 0 fully saturated rings. The molecule has 0 saturated carbocycles. The molecule has 20 heavy (non-hydrogen) atoms. The molecule has 0 bridgehead atoms.